The second kappa shape index (κ2) is 9.38. The molecule has 0 aliphatic carbocycles. The first kappa shape index (κ1) is 20.0. The molecule has 0 heterocycles. The summed E-state index contributed by atoms with van der Waals surface area (Å²) in [5.41, 5.74) is 6.32. The minimum Gasteiger partial charge on any atom is -0.508 e. The summed E-state index contributed by atoms with van der Waals surface area (Å²) >= 11 is 0. The summed E-state index contributed by atoms with van der Waals surface area (Å²) < 4.78 is 5.18. The van der Waals surface area contributed by atoms with Crippen LogP contribution in [0.25, 0.3) is 0 Å². The van der Waals surface area contributed by atoms with E-state index in [-0.39, 0.29) is 18.6 Å². The van der Waals surface area contributed by atoms with Gasteiger partial charge in [0.1, 0.15) is 11.8 Å². The molecular formula is C20H22N2O5. The Hall–Kier alpha value is -3.35. The summed E-state index contributed by atoms with van der Waals surface area (Å²) in [4.78, 5) is 36.4. The summed E-state index contributed by atoms with van der Waals surface area (Å²) in [5.74, 6) is -1.85. The molecule has 2 amide bonds. The molecule has 0 aromatic heterocycles. The highest BCUT2D eigenvalue weighted by Gasteiger charge is 2.27. The fourth-order valence-electron chi connectivity index (χ4n) is 2.46. The number of carbonyl (C=O) groups excluding carboxylic acids is 3. The summed E-state index contributed by atoms with van der Waals surface area (Å²) in [6.45, 7) is 1.67. The maximum absolute atomic E-state index is 12.6. The Morgan fingerprint density at radius 2 is 1.70 bits per heavy atom. The van der Waals surface area contributed by atoms with E-state index in [9.17, 15) is 19.5 Å². The van der Waals surface area contributed by atoms with Crippen molar-refractivity contribution in [1.82, 2.24) is 5.32 Å². The van der Waals surface area contributed by atoms with Crippen molar-refractivity contribution in [1.29, 1.82) is 0 Å². The first-order chi connectivity index (χ1) is 12.9. The molecule has 2 aromatic rings. The van der Waals surface area contributed by atoms with Gasteiger partial charge in [-0.3, -0.25) is 9.59 Å². The molecule has 142 valence electrons. The van der Waals surface area contributed by atoms with Crippen LogP contribution in [0.5, 0.6) is 5.75 Å². The van der Waals surface area contributed by atoms with Crippen LogP contribution in [0.4, 0.5) is 0 Å². The number of benzene rings is 2. The zero-order valence-corrected chi connectivity index (χ0v) is 14.9. The van der Waals surface area contributed by atoms with Crippen LogP contribution in [-0.4, -0.2) is 35.0 Å². The lowest BCUT2D eigenvalue weighted by atomic mass is 10.0. The smallest absolute Gasteiger partial charge is 0.329 e. The van der Waals surface area contributed by atoms with Gasteiger partial charge in [-0.1, -0.05) is 37.3 Å². The van der Waals surface area contributed by atoms with Gasteiger partial charge >= 0.3 is 5.97 Å². The van der Waals surface area contributed by atoms with Crippen LogP contribution in [0, 0.1) is 0 Å². The molecule has 0 aliphatic heterocycles. The number of nitrogens with two attached hydrogens (primary N) is 1. The molecule has 0 fully saturated rings. The number of amides is 2. The Kier molecular flexibility index (Phi) is 6.93. The molecule has 0 aliphatic rings. The van der Waals surface area contributed by atoms with E-state index in [0.29, 0.717) is 11.1 Å². The van der Waals surface area contributed by atoms with Crippen molar-refractivity contribution in [3.05, 3.63) is 65.7 Å². The second-order valence-electron chi connectivity index (χ2n) is 6.00. The molecule has 2 atom stereocenters. The van der Waals surface area contributed by atoms with E-state index in [2.05, 4.69) is 5.32 Å². The molecule has 0 saturated heterocycles. The highest BCUT2D eigenvalue weighted by Crippen LogP contribution is 2.13. The predicted molar refractivity (Wildman–Crippen MR) is 98.9 cm³/mol. The van der Waals surface area contributed by atoms with E-state index in [4.69, 9.17) is 10.5 Å². The van der Waals surface area contributed by atoms with Crippen molar-refractivity contribution in [2.45, 2.75) is 31.9 Å². The summed E-state index contributed by atoms with van der Waals surface area (Å²) in [5, 5.41) is 12.0. The van der Waals surface area contributed by atoms with Gasteiger partial charge in [-0.25, -0.2) is 4.79 Å². The van der Waals surface area contributed by atoms with E-state index in [1.54, 1.807) is 49.4 Å². The van der Waals surface area contributed by atoms with Crippen LogP contribution in [-0.2, 0) is 20.7 Å². The van der Waals surface area contributed by atoms with Gasteiger partial charge in [0, 0.05) is 12.0 Å². The molecule has 7 nitrogen and oxygen atoms in total. The quantitative estimate of drug-likeness (QED) is 0.609. The van der Waals surface area contributed by atoms with Crippen LogP contribution < -0.4 is 11.1 Å². The Morgan fingerprint density at radius 1 is 1.07 bits per heavy atom. The molecule has 2 rings (SSSR count). The van der Waals surface area contributed by atoms with Gasteiger partial charge in [-0.2, -0.15) is 0 Å². The van der Waals surface area contributed by atoms with E-state index >= 15 is 0 Å². The Balaban J connectivity index is 2.18. The molecular weight excluding hydrogens is 348 g/mol. The number of hydrogen-bond acceptors (Lipinski definition) is 5. The Bertz CT molecular complexity index is 790. The molecule has 2 aromatic carbocycles. The number of carbonyl (C=O) groups is 3. The second-order valence-corrected chi connectivity index (χ2v) is 6.00. The third-order valence-corrected chi connectivity index (χ3v) is 3.95. The third-order valence-electron chi connectivity index (χ3n) is 3.95. The lowest BCUT2D eigenvalue weighted by molar-refractivity contribution is -0.156. The normalized spacial score (nSPS) is 12.6. The number of primary amides is 1. The summed E-state index contributed by atoms with van der Waals surface area (Å²) in [6, 6.07) is 13.7. The first-order valence-electron chi connectivity index (χ1n) is 8.54. The maximum atomic E-state index is 12.6. The average molecular weight is 370 g/mol. The maximum Gasteiger partial charge on any atom is 0.329 e. The zero-order valence-electron chi connectivity index (χ0n) is 14.9. The number of hydrogen-bond donors (Lipinski definition) is 3. The molecule has 27 heavy (non-hydrogen) atoms. The predicted octanol–water partition coefficient (Wildman–Crippen LogP) is 1.54. The number of rotatable bonds is 8. The molecule has 0 radical (unpaired) electrons. The van der Waals surface area contributed by atoms with E-state index < -0.39 is 29.9 Å². The van der Waals surface area contributed by atoms with Crippen molar-refractivity contribution in [2.75, 3.05) is 0 Å². The van der Waals surface area contributed by atoms with Crippen molar-refractivity contribution >= 4 is 17.8 Å². The summed E-state index contributed by atoms with van der Waals surface area (Å²) in [6.07, 6.45) is -0.694. The molecule has 2 unspecified atom stereocenters. The molecule has 0 saturated carbocycles. The van der Waals surface area contributed by atoms with Crippen LogP contribution in [0.2, 0.25) is 0 Å². The van der Waals surface area contributed by atoms with Crippen molar-refractivity contribution < 1.29 is 24.2 Å². The molecule has 4 N–H and O–H groups in total. The lowest BCUT2D eigenvalue weighted by Gasteiger charge is -2.20. The number of nitrogens with one attached hydrogen (secondary N) is 1. The van der Waals surface area contributed by atoms with E-state index in [1.165, 1.54) is 12.1 Å². The fraction of sp³-hybridized carbons (Fsp3) is 0.250. The van der Waals surface area contributed by atoms with Crippen LogP contribution in [0.1, 0.15) is 29.3 Å². The number of ether oxygens (including phenoxy) is 1. The number of esters is 1. The highest BCUT2D eigenvalue weighted by atomic mass is 16.5. The van der Waals surface area contributed by atoms with Gasteiger partial charge in [-0.05, 0) is 36.2 Å². The summed E-state index contributed by atoms with van der Waals surface area (Å²) in [7, 11) is 0. The van der Waals surface area contributed by atoms with Gasteiger partial charge in [0.2, 0.25) is 0 Å². The first-order valence-corrected chi connectivity index (χ1v) is 8.54. The van der Waals surface area contributed by atoms with Crippen LogP contribution in [0.15, 0.2) is 54.6 Å². The topological polar surface area (TPSA) is 119 Å². The number of phenols is 1. The standard InChI is InChI=1S/C20H22N2O5/c1-2-17(18(21)24)27-20(26)16(12-13-8-10-15(23)11-9-13)22-19(25)14-6-4-3-5-7-14/h3-11,16-17,23H,2,12H2,1H3,(H2,21,24)(H,22,25). The molecule has 7 heteroatoms. The van der Waals surface area contributed by atoms with Gasteiger partial charge in [0.25, 0.3) is 11.8 Å². The van der Waals surface area contributed by atoms with E-state index in [0.717, 1.165) is 0 Å². The SMILES string of the molecule is CCC(OC(=O)C(Cc1ccc(O)cc1)NC(=O)c1ccccc1)C(N)=O. The highest BCUT2D eigenvalue weighted by molar-refractivity contribution is 5.97. The third kappa shape index (κ3) is 5.85. The fourth-order valence-corrected chi connectivity index (χ4v) is 2.46. The Morgan fingerprint density at radius 3 is 2.26 bits per heavy atom. The van der Waals surface area contributed by atoms with Crippen molar-refractivity contribution in [3.63, 3.8) is 0 Å². The molecule has 0 spiro atoms. The van der Waals surface area contributed by atoms with Gasteiger partial charge < -0.3 is 20.9 Å². The monoisotopic (exact) mass is 370 g/mol. The van der Waals surface area contributed by atoms with Gasteiger partial charge in [0.05, 0.1) is 0 Å². The van der Waals surface area contributed by atoms with Crippen LogP contribution >= 0.6 is 0 Å². The largest absolute Gasteiger partial charge is 0.508 e. The van der Waals surface area contributed by atoms with E-state index in [1.807, 2.05) is 0 Å². The van der Waals surface area contributed by atoms with Crippen LogP contribution in [0.3, 0.4) is 0 Å². The number of phenolic OH excluding ortho intramolecular Hbond substituents is 1. The van der Waals surface area contributed by atoms with Crippen molar-refractivity contribution in [2.24, 2.45) is 5.73 Å². The minimum atomic E-state index is -1.06. The van der Waals surface area contributed by atoms with Gasteiger partial charge in [0.15, 0.2) is 6.10 Å². The minimum absolute atomic E-state index is 0.0889. The average Bonchev–Trinajstić information content (AvgIpc) is 2.67. The van der Waals surface area contributed by atoms with Gasteiger partial charge in [-0.15, -0.1) is 0 Å². The van der Waals surface area contributed by atoms with Crippen molar-refractivity contribution in [3.8, 4) is 5.75 Å². The number of aromatic hydroxyl groups is 1. The lowest BCUT2D eigenvalue weighted by Crippen LogP contribution is -2.46. The molecule has 0 bridgehead atoms. The Labute approximate surface area is 157 Å². The zero-order chi connectivity index (χ0) is 19.8.